The van der Waals surface area contributed by atoms with E-state index in [1.165, 1.54) is 18.2 Å². The van der Waals surface area contributed by atoms with Crippen molar-refractivity contribution in [1.29, 1.82) is 0 Å². The molecule has 2 atom stereocenters. The van der Waals surface area contributed by atoms with Gasteiger partial charge in [-0.3, -0.25) is 14.9 Å². The first-order valence-electron chi connectivity index (χ1n) is 6.39. The fraction of sp³-hybridized carbons (Fsp3) is 0.462. The molecule has 7 heteroatoms. The molecule has 0 aliphatic carbocycles. The third-order valence-electron chi connectivity index (χ3n) is 3.64. The van der Waals surface area contributed by atoms with Gasteiger partial charge >= 0.3 is 0 Å². The summed E-state index contributed by atoms with van der Waals surface area (Å²) in [5, 5.41) is 14.3. The second-order valence-corrected chi connectivity index (χ2v) is 5.37. The van der Waals surface area contributed by atoms with Crippen molar-refractivity contribution in [3.05, 3.63) is 38.9 Å². The summed E-state index contributed by atoms with van der Waals surface area (Å²) in [4.78, 5) is 24.5. The van der Waals surface area contributed by atoms with Gasteiger partial charge in [0, 0.05) is 47.9 Å². The highest BCUT2D eigenvalue weighted by atomic mass is 35.5. The van der Waals surface area contributed by atoms with E-state index in [2.05, 4.69) is 5.32 Å². The van der Waals surface area contributed by atoms with Crippen molar-refractivity contribution in [3.63, 3.8) is 0 Å². The molecule has 1 heterocycles. The number of benzene rings is 1. The van der Waals surface area contributed by atoms with Gasteiger partial charge in [-0.1, -0.05) is 11.6 Å². The fourth-order valence-corrected chi connectivity index (χ4v) is 2.54. The van der Waals surface area contributed by atoms with E-state index in [9.17, 15) is 14.9 Å². The number of amides is 1. The molecule has 1 aliphatic rings. The Bertz CT molecular complexity index is 550. The Balaban J connectivity index is 2.31. The molecular weight excluding hydrogens is 282 g/mol. The summed E-state index contributed by atoms with van der Waals surface area (Å²) < 4.78 is 0. The number of piperazine rings is 1. The van der Waals surface area contributed by atoms with E-state index in [1.807, 2.05) is 13.8 Å². The summed E-state index contributed by atoms with van der Waals surface area (Å²) in [7, 11) is 0. The molecule has 1 saturated heterocycles. The second kappa shape index (κ2) is 5.76. The van der Waals surface area contributed by atoms with E-state index in [0.29, 0.717) is 13.1 Å². The van der Waals surface area contributed by atoms with Crippen LogP contribution in [0.25, 0.3) is 0 Å². The third-order valence-corrected chi connectivity index (χ3v) is 3.85. The maximum absolute atomic E-state index is 12.5. The minimum Gasteiger partial charge on any atom is -0.333 e. The predicted molar refractivity (Wildman–Crippen MR) is 76.1 cm³/mol. The Hall–Kier alpha value is -1.66. The van der Waals surface area contributed by atoms with Gasteiger partial charge in [0.1, 0.15) is 0 Å². The van der Waals surface area contributed by atoms with Crippen LogP contribution in [-0.2, 0) is 0 Å². The molecule has 0 bridgehead atoms. The molecule has 108 valence electrons. The number of nitrogens with zero attached hydrogens (tertiary/aromatic N) is 2. The van der Waals surface area contributed by atoms with Crippen LogP contribution in [0.5, 0.6) is 0 Å². The SMILES string of the molecule is CC1NCCN(C(=O)c2cc(Cl)cc([N+](=O)[O-])c2)C1C. The van der Waals surface area contributed by atoms with E-state index < -0.39 is 4.92 Å². The van der Waals surface area contributed by atoms with Gasteiger partial charge in [-0.05, 0) is 19.9 Å². The van der Waals surface area contributed by atoms with Crippen LogP contribution >= 0.6 is 11.6 Å². The molecule has 1 fully saturated rings. The van der Waals surface area contributed by atoms with Crippen molar-refractivity contribution in [2.45, 2.75) is 25.9 Å². The lowest BCUT2D eigenvalue weighted by atomic mass is 10.1. The van der Waals surface area contributed by atoms with E-state index in [1.54, 1.807) is 4.90 Å². The maximum atomic E-state index is 12.5. The highest BCUT2D eigenvalue weighted by Crippen LogP contribution is 2.23. The van der Waals surface area contributed by atoms with Gasteiger partial charge in [0.25, 0.3) is 11.6 Å². The number of carbonyl (C=O) groups is 1. The van der Waals surface area contributed by atoms with Crippen molar-refractivity contribution in [3.8, 4) is 0 Å². The number of hydrogen-bond acceptors (Lipinski definition) is 4. The Morgan fingerprint density at radius 2 is 2.15 bits per heavy atom. The van der Waals surface area contributed by atoms with E-state index in [-0.39, 0.29) is 34.3 Å². The van der Waals surface area contributed by atoms with Crippen LogP contribution in [-0.4, -0.2) is 40.9 Å². The first kappa shape index (κ1) is 14.7. The third kappa shape index (κ3) is 2.91. The molecule has 1 aromatic carbocycles. The van der Waals surface area contributed by atoms with Crippen LogP contribution in [0.15, 0.2) is 18.2 Å². The van der Waals surface area contributed by atoms with E-state index in [4.69, 9.17) is 11.6 Å². The van der Waals surface area contributed by atoms with Crippen molar-refractivity contribution < 1.29 is 9.72 Å². The van der Waals surface area contributed by atoms with E-state index in [0.717, 1.165) is 0 Å². The smallest absolute Gasteiger partial charge is 0.271 e. The molecule has 0 spiro atoms. The minimum absolute atomic E-state index is 0.0225. The zero-order chi connectivity index (χ0) is 14.9. The molecule has 2 unspecified atom stereocenters. The molecular formula is C13H16ClN3O3. The standard InChI is InChI=1S/C13H16ClN3O3/c1-8-9(2)16(4-3-15-8)13(18)10-5-11(14)7-12(6-10)17(19)20/h5-9,15H,3-4H2,1-2H3. The lowest BCUT2D eigenvalue weighted by molar-refractivity contribution is -0.384. The Labute approximate surface area is 121 Å². The lowest BCUT2D eigenvalue weighted by Crippen LogP contribution is -2.57. The molecule has 1 aromatic rings. The number of non-ortho nitro benzene ring substituents is 1. The van der Waals surface area contributed by atoms with Crippen molar-refractivity contribution in [1.82, 2.24) is 10.2 Å². The normalized spacial score (nSPS) is 22.6. The summed E-state index contributed by atoms with van der Waals surface area (Å²) in [6.45, 7) is 5.24. The van der Waals surface area contributed by atoms with Gasteiger partial charge in [0.2, 0.25) is 0 Å². The number of carbonyl (C=O) groups excluding carboxylic acids is 1. The fourth-order valence-electron chi connectivity index (χ4n) is 2.31. The summed E-state index contributed by atoms with van der Waals surface area (Å²) in [6.07, 6.45) is 0. The summed E-state index contributed by atoms with van der Waals surface area (Å²) in [5.74, 6) is -0.226. The average molecular weight is 298 g/mol. The number of hydrogen-bond donors (Lipinski definition) is 1. The number of nitro benzene ring substituents is 1. The van der Waals surface area contributed by atoms with Gasteiger partial charge in [-0.15, -0.1) is 0 Å². The number of nitrogens with one attached hydrogen (secondary N) is 1. The van der Waals surface area contributed by atoms with Crippen molar-refractivity contribution >= 4 is 23.2 Å². The predicted octanol–water partition coefficient (Wildman–Crippen LogP) is 2.07. The van der Waals surface area contributed by atoms with Gasteiger partial charge in [-0.2, -0.15) is 0 Å². The zero-order valence-corrected chi connectivity index (χ0v) is 12.1. The van der Waals surface area contributed by atoms with Crippen molar-refractivity contribution in [2.75, 3.05) is 13.1 Å². The van der Waals surface area contributed by atoms with Gasteiger partial charge in [-0.25, -0.2) is 0 Å². The molecule has 0 saturated carbocycles. The lowest BCUT2D eigenvalue weighted by Gasteiger charge is -2.38. The molecule has 1 amide bonds. The second-order valence-electron chi connectivity index (χ2n) is 4.94. The topological polar surface area (TPSA) is 75.5 Å². The maximum Gasteiger partial charge on any atom is 0.271 e. The van der Waals surface area contributed by atoms with Crippen LogP contribution in [0.3, 0.4) is 0 Å². The van der Waals surface area contributed by atoms with Crippen LogP contribution in [0.4, 0.5) is 5.69 Å². The Morgan fingerprint density at radius 3 is 2.80 bits per heavy atom. The highest BCUT2D eigenvalue weighted by Gasteiger charge is 2.29. The van der Waals surface area contributed by atoms with Crippen LogP contribution in [0, 0.1) is 10.1 Å². The van der Waals surface area contributed by atoms with Crippen LogP contribution < -0.4 is 5.32 Å². The molecule has 0 radical (unpaired) electrons. The summed E-state index contributed by atoms with van der Waals surface area (Å²) >= 11 is 5.85. The first-order valence-corrected chi connectivity index (χ1v) is 6.77. The number of halogens is 1. The minimum atomic E-state index is -0.549. The molecule has 6 nitrogen and oxygen atoms in total. The highest BCUT2D eigenvalue weighted by molar-refractivity contribution is 6.31. The molecule has 0 aromatic heterocycles. The van der Waals surface area contributed by atoms with Crippen LogP contribution in [0.1, 0.15) is 24.2 Å². The van der Waals surface area contributed by atoms with Crippen LogP contribution in [0.2, 0.25) is 5.02 Å². The Morgan fingerprint density at radius 1 is 1.45 bits per heavy atom. The van der Waals surface area contributed by atoms with Gasteiger partial charge < -0.3 is 10.2 Å². The summed E-state index contributed by atoms with van der Waals surface area (Å²) in [6, 6.07) is 4.18. The number of rotatable bonds is 2. The average Bonchev–Trinajstić information content (AvgIpc) is 2.40. The zero-order valence-electron chi connectivity index (χ0n) is 11.3. The number of nitro groups is 1. The first-order chi connectivity index (χ1) is 9.40. The van der Waals surface area contributed by atoms with E-state index >= 15 is 0 Å². The molecule has 2 rings (SSSR count). The summed E-state index contributed by atoms with van der Waals surface area (Å²) in [5.41, 5.74) is 0.0850. The largest absolute Gasteiger partial charge is 0.333 e. The molecule has 20 heavy (non-hydrogen) atoms. The molecule has 1 N–H and O–H groups in total. The Kier molecular flexibility index (Phi) is 4.25. The molecule has 1 aliphatic heterocycles. The monoisotopic (exact) mass is 297 g/mol. The quantitative estimate of drug-likeness (QED) is 0.670. The van der Waals surface area contributed by atoms with Gasteiger partial charge in [0.15, 0.2) is 0 Å². The van der Waals surface area contributed by atoms with Crippen molar-refractivity contribution in [2.24, 2.45) is 0 Å². The van der Waals surface area contributed by atoms with Gasteiger partial charge in [0.05, 0.1) is 4.92 Å².